The number of piperazine rings is 1. The van der Waals surface area contributed by atoms with E-state index in [-0.39, 0.29) is 0 Å². The van der Waals surface area contributed by atoms with Gasteiger partial charge in [0, 0.05) is 45.5 Å². The summed E-state index contributed by atoms with van der Waals surface area (Å²) in [7, 11) is 2.22. The first-order valence-electron chi connectivity index (χ1n) is 7.39. The van der Waals surface area contributed by atoms with Gasteiger partial charge in [0.1, 0.15) is 0 Å². The highest BCUT2D eigenvalue weighted by atomic mass is 15.2. The van der Waals surface area contributed by atoms with Crippen molar-refractivity contribution in [3.05, 3.63) is 29.3 Å². The lowest BCUT2D eigenvalue weighted by molar-refractivity contribution is 0.239. The summed E-state index contributed by atoms with van der Waals surface area (Å²) >= 11 is 0. The molecule has 1 aliphatic heterocycles. The van der Waals surface area contributed by atoms with Crippen LogP contribution in [0.25, 0.3) is 0 Å². The Morgan fingerprint density at radius 3 is 2.42 bits per heavy atom. The molecular formula is C16H27N3. The molecule has 1 aromatic rings. The van der Waals surface area contributed by atoms with Crippen LogP contribution >= 0.6 is 0 Å². The van der Waals surface area contributed by atoms with Gasteiger partial charge in [-0.1, -0.05) is 18.2 Å². The maximum Gasteiger partial charge on any atom is 0.0423 e. The third-order valence-corrected chi connectivity index (χ3v) is 4.00. The number of nitrogens with zero attached hydrogens (tertiary/aromatic N) is 2. The van der Waals surface area contributed by atoms with E-state index in [0.29, 0.717) is 0 Å². The molecule has 1 fully saturated rings. The van der Waals surface area contributed by atoms with Gasteiger partial charge < -0.3 is 15.1 Å². The van der Waals surface area contributed by atoms with Crippen molar-refractivity contribution in [3.63, 3.8) is 0 Å². The molecule has 3 nitrogen and oxygen atoms in total. The largest absolute Gasteiger partial charge is 0.374 e. The highest BCUT2D eigenvalue weighted by molar-refractivity contribution is 5.58. The maximum atomic E-state index is 3.40. The molecule has 3 heteroatoms. The molecular weight excluding hydrogens is 234 g/mol. The van der Waals surface area contributed by atoms with Gasteiger partial charge in [0.05, 0.1) is 0 Å². The van der Waals surface area contributed by atoms with Crippen molar-refractivity contribution in [1.82, 2.24) is 10.2 Å². The van der Waals surface area contributed by atoms with E-state index in [1.54, 1.807) is 0 Å². The Morgan fingerprint density at radius 1 is 1.16 bits per heavy atom. The molecule has 0 unspecified atom stereocenters. The second-order valence-electron chi connectivity index (χ2n) is 5.61. The predicted molar refractivity (Wildman–Crippen MR) is 83.1 cm³/mol. The molecule has 0 atom stereocenters. The molecule has 1 N–H and O–H groups in total. The number of rotatable bonds is 5. The third-order valence-electron chi connectivity index (χ3n) is 4.00. The summed E-state index contributed by atoms with van der Waals surface area (Å²) in [5.74, 6) is 0. The standard InChI is InChI=1S/C16H27N3/c1-14-6-4-7-15(2)16(14)18(3)10-5-11-19-12-8-17-9-13-19/h4,6-7,17H,5,8-13H2,1-3H3. The zero-order valence-corrected chi connectivity index (χ0v) is 12.6. The minimum atomic E-state index is 1.13. The van der Waals surface area contributed by atoms with Crippen LogP contribution < -0.4 is 10.2 Å². The summed E-state index contributed by atoms with van der Waals surface area (Å²) < 4.78 is 0. The molecule has 0 amide bonds. The first-order valence-corrected chi connectivity index (χ1v) is 7.39. The smallest absolute Gasteiger partial charge is 0.0423 e. The van der Waals surface area contributed by atoms with Crippen LogP contribution in [0.15, 0.2) is 18.2 Å². The van der Waals surface area contributed by atoms with Crippen LogP contribution in [-0.4, -0.2) is 51.2 Å². The molecule has 0 bridgehead atoms. The number of aryl methyl sites for hydroxylation is 2. The van der Waals surface area contributed by atoms with Crippen LogP contribution in [0.1, 0.15) is 17.5 Å². The highest BCUT2D eigenvalue weighted by Crippen LogP contribution is 2.23. The highest BCUT2D eigenvalue weighted by Gasteiger charge is 2.11. The zero-order chi connectivity index (χ0) is 13.7. The summed E-state index contributed by atoms with van der Waals surface area (Å²) in [6.45, 7) is 11.5. The Hall–Kier alpha value is -1.06. The van der Waals surface area contributed by atoms with E-state index in [2.05, 4.69) is 54.2 Å². The summed E-state index contributed by atoms with van der Waals surface area (Å²) in [5.41, 5.74) is 4.16. The van der Waals surface area contributed by atoms with Crippen LogP contribution in [0.2, 0.25) is 0 Å². The molecule has 0 radical (unpaired) electrons. The van der Waals surface area contributed by atoms with Crippen LogP contribution in [0, 0.1) is 13.8 Å². The van der Waals surface area contributed by atoms with Crippen LogP contribution in [0.3, 0.4) is 0 Å². The molecule has 1 aromatic carbocycles. The van der Waals surface area contributed by atoms with Crippen molar-refractivity contribution < 1.29 is 0 Å². The van der Waals surface area contributed by atoms with Gasteiger partial charge in [-0.05, 0) is 37.9 Å². The Morgan fingerprint density at radius 2 is 1.79 bits per heavy atom. The van der Waals surface area contributed by atoms with E-state index in [1.165, 1.54) is 42.9 Å². The SMILES string of the molecule is Cc1cccc(C)c1N(C)CCCN1CCNCC1. The normalized spacial score (nSPS) is 16.6. The van der Waals surface area contributed by atoms with Crippen LogP contribution in [0.4, 0.5) is 5.69 Å². The second-order valence-corrected chi connectivity index (χ2v) is 5.61. The minimum Gasteiger partial charge on any atom is -0.374 e. The lowest BCUT2D eigenvalue weighted by Gasteiger charge is -2.29. The summed E-state index contributed by atoms with van der Waals surface area (Å²) in [5, 5.41) is 3.40. The number of hydrogen-bond donors (Lipinski definition) is 1. The van der Waals surface area contributed by atoms with E-state index < -0.39 is 0 Å². The van der Waals surface area contributed by atoms with Gasteiger partial charge >= 0.3 is 0 Å². The zero-order valence-electron chi connectivity index (χ0n) is 12.6. The molecule has 1 heterocycles. The van der Waals surface area contributed by atoms with Gasteiger partial charge in [-0.25, -0.2) is 0 Å². The number of nitrogens with one attached hydrogen (secondary N) is 1. The Bertz CT molecular complexity index is 377. The summed E-state index contributed by atoms with van der Waals surface area (Å²) in [6.07, 6.45) is 1.24. The third kappa shape index (κ3) is 3.95. The van der Waals surface area contributed by atoms with E-state index in [9.17, 15) is 0 Å². The van der Waals surface area contributed by atoms with Gasteiger partial charge in [-0.15, -0.1) is 0 Å². The molecule has 19 heavy (non-hydrogen) atoms. The van der Waals surface area contributed by atoms with E-state index in [4.69, 9.17) is 0 Å². The molecule has 0 saturated carbocycles. The van der Waals surface area contributed by atoms with Crippen LogP contribution in [0.5, 0.6) is 0 Å². The maximum absolute atomic E-state index is 3.40. The van der Waals surface area contributed by atoms with Gasteiger partial charge in [0.2, 0.25) is 0 Å². The molecule has 0 spiro atoms. The number of benzene rings is 1. The fraction of sp³-hybridized carbons (Fsp3) is 0.625. The van der Waals surface area contributed by atoms with Gasteiger partial charge in [0.15, 0.2) is 0 Å². The summed E-state index contributed by atoms with van der Waals surface area (Å²) in [4.78, 5) is 4.97. The summed E-state index contributed by atoms with van der Waals surface area (Å²) in [6, 6.07) is 6.55. The molecule has 2 rings (SSSR count). The first kappa shape index (κ1) is 14.4. The van der Waals surface area contributed by atoms with Gasteiger partial charge in [-0.2, -0.15) is 0 Å². The average molecular weight is 261 g/mol. The lowest BCUT2D eigenvalue weighted by atomic mass is 10.1. The van der Waals surface area contributed by atoms with E-state index in [1.807, 2.05) is 0 Å². The number of para-hydroxylation sites is 1. The van der Waals surface area contributed by atoms with Crippen molar-refractivity contribution in [3.8, 4) is 0 Å². The Labute approximate surface area is 117 Å². The average Bonchev–Trinajstić information content (AvgIpc) is 2.40. The Kier molecular flexibility index (Phi) is 5.23. The van der Waals surface area contributed by atoms with Crippen molar-refractivity contribution >= 4 is 5.69 Å². The Balaban J connectivity index is 1.82. The molecule has 1 saturated heterocycles. The number of anilines is 1. The van der Waals surface area contributed by atoms with Crippen molar-refractivity contribution in [2.24, 2.45) is 0 Å². The molecule has 1 aliphatic rings. The molecule has 0 aromatic heterocycles. The first-order chi connectivity index (χ1) is 9.18. The number of hydrogen-bond acceptors (Lipinski definition) is 3. The van der Waals surface area contributed by atoms with Gasteiger partial charge in [0.25, 0.3) is 0 Å². The van der Waals surface area contributed by atoms with E-state index >= 15 is 0 Å². The topological polar surface area (TPSA) is 18.5 Å². The lowest BCUT2D eigenvalue weighted by Crippen LogP contribution is -2.44. The van der Waals surface area contributed by atoms with Gasteiger partial charge in [-0.3, -0.25) is 0 Å². The quantitative estimate of drug-likeness (QED) is 0.875. The monoisotopic (exact) mass is 261 g/mol. The second kappa shape index (κ2) is 6.92. The predicted octanol–water partition coefficient (Wildman–Crippen LogP) is 2.03. The van der Waals surface area contributed by atoms with Crippen molar-refractivity contribution in [2.75, 3.05) is 51.2 Å². The van der Waals surface area contributed by atoms with E-state index in [0.717, 1.165) is 19.6 Å². The fourth-order valence-electron chi connectivity index (χ4n) is 2.99. The van der Waals surface area contributed by atoms with Crippen molar-refractivity contribution in [2.45, 2.75) is 20.3 Å². The van der Waals surface area contributed by atoms with Crippen molar-refractivity contribution in [1.29, 1.82) is 0 Å². The minimum absolute atomic E-state index is 1.13. The molecule has 106 valence electrons. The molecule has 0 aliphatic carbocycles. The fourth-order valence-corrected chi connectivity index (χ4v) is 2.99. The van der Waals surface area contributed by atoms with Crippen LogP contribution in [-0.2, 0) is 0 Å².